The first kappa shape index (κ1) is 35.6. The first-order valence-electron chi connectivity index (χ1n) is 19.2. The molecule has 0 bridgehead atoms. The van der Waals surface area contributed by atoms with Gasteiger partial charge in [-0.15, -0.1) is 0 Å². The van der Waals surface area contributed by atoms with Crippen LogP contribution in [0.1, 0.15) is 63.3 Å². The van der Waals surface area contributed by atoms with Gasteiger partial charge < -0.3 is 49.7 Å². The molecular formula is C44H47N3O8. The molecule has 5 aromatic rings. The number of aromatic hydroxyl groups is 2. The molecule has 0 saturated heterocycles. The standard InChI is InChI=1S/C44H47N3O8/c1-45-20-26-16-32-35(50)10-7-28-40(32)33(39(26)24-3-8-34-23(15-24)11-12-47-34)18-30-31-19-38(53-22-46-2)42(25-4-9-36(51)37(17-25)52-14-13-48)55-43(31)29-6-5-27(21-49)54-44(29)41(28)30/h3-4,7-12,15-17,27,33,38-39,42,45-51H,5-6,13-14,18-22H2,1-2H3. The normalized spacial score (nSPS) is 22.1. The minimum atomic E-state index is -0.546. The van der Waals surface area contributed by atoms with Crippen molar-refractivity contribution in [3.8, 4) is 39.9 Å². The molecule has 2 aliphatic heterocycles. The summed E-state index contributed by atoms with van der Waals surface area (Å²) < 4.78 is 26.1. The van der Waals surface area contributed by atoms with E-state index in [1.165, 1.54) is 11.1 Å². The Morgan fingerprint density at radius 1 is 0.873 bits per heavy atom. The lowest BCUT2D eigenvalue weighted by molar-refractivity contribution is -0.0436. The highest BCUT2D eigenvalue weighted by atomic mass is 16.6. The lowest BCUT2D eigenvalue weighted by atomic mass is 9.63. The highest BCUT2D eigenvalue weighted by Gasteiger charge is 2.45. The number of aliphatic hydroxyl groups excluding tert-OH is 2. The maximum Gasteiger partial charge on any atom is 0.161 e. The van der Waals surface area contributed by atoms with Crippen molar-refractivity contribution >= 4 is 17.0 Å². The summed E-state index contributed by atoms with van der Waals surface area (Å²) in [5.41, 5.74) is 11.4. The summed E-state index contributed by atoms with van der Waals surface area (Å²) in [7, 11) is 3.80. The number of hydrogen-bond donors (Lipinski definition) is 7. The van der Waals surface area contributed by atoms with Gasteiger partial charge in [0.15, 0.2) is 17.6 Å². The molecule has 5 atom stereocenters. The Kier molecular flexibility index (Phi) is 9.43. The second-order valence-corrected chi connectivity index (χ2v) is 15.0. The molecule has 4 aromatic carbocycles. The number of ether oxygens (including phenoxy) is 4. The SMILES string of the molecule is CNCOC1Cc2c3c(c4c(c2OC1c1ccc(O)c(OCCO)c1)CCC(CO)O4)-c1ccc(O)c2c1C(C3)C(c1ccc3[nH]ccc3c1)C(CNC)=C2. The monoisotopic (exact) mass is 745 g/mol. The van der Waals surface area contributed by atoms with Crippen molar-refractivity contribution in [3.63, 3.8) is 0 Å². The van der Waals surface area contributed by atoms with Crippen molar-refractivity contribution in [2.24, 2.45) is 0 Å². The Bertz CT molecular complexity index is 2300. The number of phenolic OH excluding ortho intramolecular Hbond substituents is 2. The molecular weight excluding hydrogens is 698 g/mol. The quantitative estimate of drug-likeness (QED) is 0.0852. The van der Waals surface area contributed by atoms with E-state index in [1.807, 2.05) is 32.4 Å². The van der Waals surface area contributed by atoms with E-state index < -0.39 is 12.2 Å². The highest BCUT2D eigenvalue weighted by molar-refractivity contribution is 5.90. The number of rotatable bonds is 11. The van der Waals surface area contributed by atoms with Gasteiger partial charge in [-0.1, -0.05) is 18.2 Å². The van der Waals surface area contributed by atoms with Crippen LogP contribution in [-0.2, 0) is 24.0 Å². The molecule has 1 aromatic heterocycles. The molecule has 0 spiro atoms. The summed E-state index contributed by atoms with van der Waals surface area (Å²) in [5.74, 6) is 2.01. The zero-order chi connectivity index (χ0) is 37.8. The van der Waals surface area contributed by atoms with Crippen molar-refractivity contribution in [2.75, 3.05) is 47.2 Å². The van der Waals surface area contributed by atoms with Gasteiger partial charge in [0.05, 0.1) is 19.9 Å². The Morgan fingerprint density at radius 2 is 1.73 bits per heavy atom. The fraction of sp³-hybridized carbons (Fsp3) is 0.364. The van der Waals surface area contributed by atoms with E-state index in [4.69, 9.17) is 18.9 Å². The molecule has 286 valence electrons. The van der Waals surface area contributed by atoms with E-state index in [0.29, 0.717) is 39.0 Å². The van der Waals surface area contributed by atoms with E-state index in [-0.39, 0.29) is 55.0 Å². The smallest absolute Gasteiger partial charge is 0.161 e. The summed E-state index contributed by atoms with van der Waals surface area (Å²) in [6.07, 6.45) is 5.35. The van der Waals surface area contributed by atoms with Crippen LogP contribution < -0.4 is 24.8 Å². The summed E-state index contributed by atoms with van der Waals surface area (Å²) in [6.45, 7) is 0.718. The molecule has 7 N–H and O–H groups in total. The minimum absolute atomic E-state index is 0.00792. The maximum atomic E-state index is 11.5. The predicted octanol–water partition coefficient (Wildman–Crippen LogP) is 5.58. The number of benzene rings is 4. The number of aromatic amines is 1. The molecule has 0 saturated carbocycles. The zero-order valence-corrected chi connectivity index (χ0v) is 31.0. The van der Waals surface area contributed by atoms with E-state index in [2.05, 4.69) is 46.0 Å². The molecule has 0 amide bonds. The third-order valence-corrected chi connectivity index (χ3v) is 11.8. The van der Waals surface area contributed by atoms with Crippen molar-refractivity contribution in [3.05, 3.63) is 105 Å². The van der Waals surface area contributed by atoms with E-state index in [0.717, 1.165) is 66.9 Å². The zero-order valence-electron chi connectivity index (χ0n) is 31.0. The minimum Gasteiger partial charge on any atom is -0.507 e. The van der Waals surface area contributed by atoms with Gasteiger partial charge >= 0.3 is 0 Å². The van der Waals surface area contributed by atoms with Crippen LogP contribution in [0.25, 0.3) is 28.1 Å². The van der Waals surface area contributed by atoms with Crippen LogP contribution in [0.2, 0.25) is 0 Å². The van der Waals surface area contributed by atoms with Gasteiger partial charge in [0.2, 0.25) is 0 Å². The first-order chi connectivity index (χ1) is 26.9. The lowest BCUT2D eigenvalue weighted by Crippen LogP contribution is -2.38. The molecule has 9 rings (SSSR count). The van der Waals surface area contributed by atoms with Gasteiger partial charge in [-0.2, -0.15) is 0 Å². The van der Waals surface area contributed by atoms with Crippen LogP contribution in [0.3, 0.4) is 0 Å². The molecule has 55 heavy (non-hydrogen) atoms. The van der Waals surface area contributed by atoms with E-state index in [1.54, 1.807) is 18.2 Å². The summed E-state index contributed by atoms with van der Waals surface area (Å²) in [6, 6.07) is 17.8. The molecule has 0 fully saturated rings. The topological polar surface area (TPSA) is 158 Å². The third kappa shape index (κ3) is 6.02. The fourth-order valence-corrected chi connectivity index (χ4v) is 9.47. The van der Waals surface area contributed by atoms with Crippen LogP contribution in [0.4, 0.5) is 0 Å². The molecule has 2 aliphatic carbocycles. The average molecular weight is 746 g/mol. The fourth-order valence-electron chi connectivity index (χ4n) is 9.47. The Hall–Kier alpha value is -5.04. The number of phenols is 2. The molecule has 3 heterocycles. The number of H-pyrrole nitrogens is 1. The summed E-state index contributed by atoms with van der Waals surface area (Å²) >= 11 is 0. The third-order valence-electron chi connectivity index (χ3n) is 11.8. The van der Waals surface area contributed by atoms with Crippen molar-refractivity contribution in [1.82, 2.24) is 15.6 Å². The number of aromatic nitrogens is 1. The predicted molar refractivity (Wildman–Crippen MR) is 209 cm³/mol. The van der Waals surface area contributed by atoms with E-state index in [9.17, 15) is 20.4 Å². The molecule has 11 nitrogen and oxygen atoms in total. The largest absolute Gasteiger partial charge is 0.507 e. The number of likely N-dealkylation sites (N-methyl/N-ethyl adjacent to an activating group) is 1. The highest BCUT2D eigenvalue weighted by Crippen LogP contribution is 2.60. The number of fused-ring (bicyclic) bond motifs is 8. The molecule has 11 heteroatoms. The summed E-state index contributed by atoms with van der Waals surface area (Å²) in [5, 5.41) is 49.5. The molecule has 0 radical (unpaired) electrons. The van der Waals surface area contributed by atoms with Gasteiger partial charge in [0, 0.05) is 52.9 Å². The number of nitrogens with one attached hydrogen (secondary N) is 3. The van der Waals surface area contributed by atoms with Crippen molar-refractivity contribution < 1.29 is 39.4 Å². The van der Waals surface area contributed by atoms with Gasteiger partial charge in [-0.25, -0.2) is 0 Å². The van der Waals surface area contributed by atoms with Crippen molar-refractivity contribution in [1.29, 1.82) is 0 Å². The van der Waals surface area contributed by atoms with E-state index >= 15 is 0 Å². The van der Waals surface area contributed by atoms with Crippen LogP contribution in [0.15, 0.2) is 66.4 Å². The average Bonchev–Trinajstić information content (AvgIpc) is 3.68. The van der Waals surface area contributed by atoms with Gasteiger partial charge in [-0.3, -0.25) is 5.32 Å². The van der Waals surface area contributed by atoms with Crippen molar-refractivity contribution in [2.45, 2.75) is 55.8 Å². The molecule has 5 unspecified atom stereocenters. The van der Waals surface area contributed by atoms with Crippen LogP contribution in [0.5, 0.6) is 28.7 Å². The Labute approximate surface area is 319 Å². The number of aliphatic hydroxyl groups is 2. The maximum absolute atomic E-state index is 11.5. The van der Waals surface area contributed by atoms with Gasteiger partial charge in [0.1, 0.15) is 36.1 Å². The first-order valence-corrected chi connectivity index (χ1v) is 19.2. The number of hydrogen-bond acceptors (Lipinski definition) is 10. The Morgan fingerprint density at radius 3 is 2.55 bits per heavy atom. The summed E-state index contributed by atoms with van der Waals surface area (Å²) in [4.78, 5) is 3.34. The van der Waals surface area contributed by atoms with Crippen LogP contribution >= 0.6 is 0 Å². The van der Waals surface area contributed by atoms with Gasteiger partial charge in [0.25, 0.3) is 0 Å². The van der Waals surface area contributed by atoms with Crippen LogP contribution in [0, 0.1) is 0 Å². The molecule has 4 aliphatic rings. The van der Waals surface area contributed by atoms with Gasteiger partial charge in [-0.05, 0) is 121 Å². The lowest BCUT2D eigenvalue weighted by Gasteiger charge is -2.44. The van der Waals surface area contributed by atoms with Crippen LogP contribution in [-0.4, -0.2) is 84.8 Å². The Balaban J connectivity index is 1.25. The second-order valence-electron chi connectivity index (χ2n) is 15.0. The second kappa shape index (κ2) is 14.6.